The highest BCUT2D eigenvalue weighted by atomic mass is 79.9. The lowest BCUT2D eigenvalue weighted by molar-refractivity contribution is 0.112. The highest BCUT2D eigenvalue weighted by Gasteiger charge is 2.11. The number of hydrogen-bond donors (Lipinski definition) is 0. The molecule has 17 heavy (non-hydrogen) atoms. The number of halogens is 2. The van der Waals surface area contributed by atoms with E-state index in [0.29, 0.717) is 17.5 Å². The van der Waals surface area contributed by atoms with Crippen molar-refractivity contribution >= 4 is 22.2 Å². The molecule has 1 aromatic carbocycles. The molecule has 0 saturated carbocycles. The topological polar surface area (TPSA) is 34.9 Å². The average Bonchev–Trinajstić information content (AvgIpc) is 2.56. The van der Waals surface area contributed by atoms with Gasteiger partial charge >= 0.3 is 0 Å². The lowest BCUT2D eigenvalue weighted by atomic mass is 10.2. The summed E-state index contributed by atoms with van der Waals surface area (Å²) in [7, 11) is 0. The minimum atomic E-state index is -0.451. The van der Waals surface area contributed by atoms with Gasteiger partial charge in [0.2, 0.25) is 0 Å². The number of aldehydes is 1. The SMILES string of the molecule is Cc1nn(-c2cc(F)cc(C=O)c2)c(C)c1Br. The van der Waals surface area contributed by atoms with Gasteiger partial charge in [0, 0.05) is 5.56 Å². The van der Waals surface area contributed by atoms with Crippen LogP contribution in [0, 0.1) is 19.7 Å². The third kappa shape index (κ3) is 2.15. The van der Waals surface area contributed by atoms with Gasteiger partial charge in [-0.15, -0.1) is 0 Å². The average molecular weight is 297 g/mol. The quantitative estimate of drug-likeness (QED) is 0.798. The molecule has 0 amide bonds. The molecule has 0 bridgehead atoms. The molecular formula is C12H10BrFN2O. The van der Waals surface area contributed by atoms with Crippen LogP contribution in [0.1, 0.15) is 21.7 Å². The van der Waals surface area contributed by atoms with Gasteiger partial charge in [-0.2, -0.15) is 5.10 Å². The molecule has 2 rings (SSSR count). The van der Waals surface area contributed by atoms with Gasteiger partial charge < -0.3 is 0 Å². The molecule has 88 valence electrons. The van der Waals surface area contributed by atoms with E-state index in [1.165, 1.54) is 12.1 Å². The third-order valence-electron chi connectivity index (χ3n) is 2.49. The fraction of sp³-hybridized carbons (Fsp3) is 0.167. The molecule has 0 spiro atoms. The summed E-state index contributed by atoms with van der Waals surface area (Å²) in [4.78, 5) is 10.7. The highest BCUT2D eigenvalue weighted by Crippen LogP contribution is 2.23. The standard InChI is InChI=1S/C12H10BrFN2O/c1-7-12(13)8(2)16(15-7)11-4-9(6-17)3-10(14)5-11/h3-6H,1-2H3. The Labute approximate surface area is 106 Å². The first kappa shape index (κ1) is 12.0. The Bertz CT molecular complexity index is 592. The summed E-state index contributed by atoms with van der Waals surface area (Å²) < 4.78 is 15.8. The normalized spacial score (nSPS) is 10.6. The van der Waals surface area contributed by atoms with E-state index in [1.807, 2.05) is 13.8 Å². The Hall–Kier alpha value is -1.49. The largest absolute Gasteiger partial charge is 0.298 e. The van der Waals surface area contributed by atoms with Crippen LogP contribution in [0.2, 0.25) is 0 Å². The molecule has 0 unspecified atom stereocenters. The van der Waals surface area contributed by atoms with Crippen molar-refractivity contribution in [3.8, 4) is 5.69 Å². The maximum Gasteiger partial charge on any atom is 0.150 e. The van der Waals surface area contributed by atoms with Crippen molar-refractivity contribution in [1.82, 2.24) is 9.78 Å². The van der Waals surface area contributed by atoms with Crippen LogP contribution in [0.5, 0.6) is 0 Å². The van der Waals surface area contributed by atoms with Gasteiger partial charge in [-0.05, 0) is 48.0 Å². The first-order valence-corrected chi connectivity index (χ1v) is 5.80. The zero-order valence-electron chi connectivity index (χ0n) is 9.37. The van der Waals surface area contributed by atoms with Crippen LogP contribution in [0.3, 0.4) is 0 Å². The third-order valence-corrected chi connectivity index (χ3v) is 3.64. The van der Waals surface area contributed by atoms with Crippen molar-refractivity contribution in [2.45, 2.75) is 13.8 Å². The van der Waals surface area contributed by atoms with Crippen LogP contribution in [-0.2, 0) is 0 Å². The van der Waals surface area contributed by atoms with Crippen molar-refractivity contribution in [3.05, 3.63) is 45.4 Å². The molecule has 0 N–H and O–H groups in total. The van der Waals surface area contributed by atoms with Crippen molar-refractivity contribution in [1.29, 1.82) is 0 Å². The number of hydrogen-bond acceptors (Lipinski definition) is 2. The zero-order valence-corrected chi connectivity index (χ0v) is 11.0. The van der Waals surface area contributed by atoms with E-state index in [2.05, 4.69) is 21.0 Å². The number of aryl methyl sites for hydroxylation is 1. The van der Waals surface area contributed by atoms with Crippen LogP contribution in [0.15, 0.2) is 22.7 Å². The Morgan fingerprint density at radius 3 is 2.59 bits per heavy atom. The zero-order chi connectivity index (χ0) is 12.6. The molecule has 1 aromatic heterocycles. The van der Waals surface area contributed by atoms with Gasteiger partial charge in [0.15, 0.2) is 0 Å². The first-order chi connectivity index (χ1) is 8.02. The molecule has 5 heteroatoms. The summed E-state index contributed by atoms with van der Waals surface area (Å²) in [5, 5.41) is 4.28. The van der Waals surface area contributed by atoms with E-state index in [-0.39, 0.29) is 0 Å². The molecule has 0 aliphatic rings. The number of carbonyl (C=O) groups is 1. The first-order valence-electron chi connectivity index (χ1n) is 5.01. The molecule has 0 radical (unpaired) electrons. The summed E-state index contributed by atoms with van der Waals surface area (Å²) >= 11 is 3.40. The van der Waals surface area contributed by atoms with Gasteiger partial charge in [-0.3, -0.25) is 4.79 Å². The predicted molar refractivity (Wildman–Crippen MR) is 66.1 cm³/mol. The Kier molecular flexibility index (Phi) is 3.11. The summed E-state index contributed by atoms with van der Waals surface area (Å²) in [6.07, 6.45) is 0.618. The fourth-order valence-corrected chi connectivity index (χ4v) is 1.91. The molecule has 0 saturated heterocycles. The fourth-order valence-electron chi connectivity index (χ4n) is 1.66. The van der Waals surface area contributed by atoms with Crippen molar-refractivity contribution < 1.29 is 9.18 Å². The number of aromatic nitrogens is 2. The minimum Gasteiger partial charge on any atom is -0.298 e. The maximum absolute atomic E-state index is 13.3. The molecular weight excluding hydrogens is 287 g/mol. The molecule has 1 heterocycles. The molecule has 3 nitrogen and oxygen atoms in total. The summed E-state index contributed by atoms with van der Waals surface area (Å²) in [6, 6.07) is 4.14. The van der Waals surface area contributed by atoms with E-state index in [0.717, 1.165) is 15.9 Å². The molecule has 2 aromatic rings. The van der Waals surface area contributed by atoms with E-state index in [1.54, 1.807) is 10.7 Å². The van der Waals surface area contributed by atoms with Crippen molar-refractivity contribution in [3.63, 3.8) is 0 Å². The molecule has 0 fully saturated rings. The smallest absolute Gasteiger partial charge is 0.150 e. The van der Waals surface area contributed by atoms with E-state index in [4.69, 9.17) is 0 Å². The lowest BCUT2D eigenvalue weighted by Crippen LogP contribution is -2.01. The highest BCUT2D eigenvalue weighted by molar-refractivity contribution is 9.10. The van der Waals surface area contributed by atoms with Gasteiger partial charge in [-0.1, -0.05) is 0 Å². The van der Waals surface area contributed by atoms with Crippen molar-refractivity contribution in [2.24, 2.45) is 0 Å². The molecule has 0 aliphatic heterocycles. The summed E-state index contributed by atoms with van der Waals surface area (Å²) in [6.45, 7) is 3.73. The minimum absolute atomic E-state index is 0.295. The Balaban J connectivity index is 2.63. The number of nitrogens with zero attached hydrogens (tertiary/aromatic N) is 2. The van der Waals surface area contributed by atoms with Gasteiger partial charge in [0.25, 0.3) is 0 Å². The predicted octanol–water partition coefficient (Wildman–Crippen LogP) is 3.20. The maximum atomic E-state index is 13.3. The van der Waals surface area contributed by atoms with Crippen molar-refractivity contribution in [2.75, 3.05) is 0 Å². The number of benzene rings is 1. The second kappa shape index (κ2) is 4.41. The van der Waals surface area contributed by atoms with Crippen LogP contribution < -0.4 is 0 Å². The molecule has 0 aliphatic carbocycles. The Morgan fingerprint density at radius 1 is 1.35 bits per heavy atom. The van der Waals surface area contributed by atoms with E-state index in [9.17, 15) is 9.18 Å². The number of rotatable bonds is 2. The summed E-state index contributed by atoms with van der Waals surface area (Å²) in [5.74, 6) is -0.451. The van der Waals surface area contributed by atoms with Gasteiger partial charge in [-0.25, -0.2) is 9.07 Å². The number of carbonyl (C=O) groups excluding carboxylic acids is 1. The van der Waals surface area contributed by atoms with Crippen LogP contribution in [-0.4, -0.2) is 16.1 Å². The second-order valence-corrected chi connectivity index (χ2v) is 4.55. The van der Waals surface area contributed by atoms with E-state index < -0.39 is 5.82 Å². The molecule has 0 atom stereocenters. The second-order valence-electron chi connectivity index (χ2n) is 3.76. The Morgan fingerprint density at radius 2 is 2.06 bits per heavy atom. The van der Waals surface area contributed by atoms with E-state index >= 15 is 0 Å². The monoisotopic (exact) mass is 296 g/mol. The van der Waals surface area contributed by atoms with Crippen LogP contribution >= 0.6 is 15.9 Å². The van der Waals surface area contributed by atoms with Gasteiger partial charge in [0.1, 0.15) is 12.1 Å². The lowest BCUT2D eigenvalue weighted by Gasteiger charge is -2.05. The van der Waals surface area contributed by atoms with Crippen LogP contribution in [0.25, 0.3) is 5.69 Å². The summed E-state index contributed by atoms with van der Waals surface area (Å²) in [5.41, 5.74) is 2.52. The van der Waals surface area contributed by atoms with Crippen LogP contribution in [0.4, 0.5) is 4.39 Å². The van der Waals surface area contributed by atoms with Gasteiger partial charge in [0.05, 0.1) is 21.5 Å².